The summed E-state index contributed by atoms with van der Waals surface area (Å²) in [6, 6.07) is 0. The number of rotatable bonds is 3. The maximum Gasteiger partial charge on any atom is 0.339 e. The number of carbonyl (C=O) groups excluding carboxylic acids is 2. The van der Waals surface area contributed by atoms with Crippen LogP contribution in [-0.4, -0.2) is 46.4 Å². The number of fused-ring (bicyclic) bond motifs is 2. The van der Waals surface area contributed by atoms with Gasteiger partial charge >= 0.3 is 5.97 Å². The van der Waals surface area contributed by atoms with Gasteiger partial charge in [-0.15, -0.1) is 0 Å². The molecule has 4 fully saturated rings. The molecule has 2 N–H and O–H groups in total. The number of epoxide rings is 1. The summed E-state index contributed by atoms with van der Waals surface area (Å²) in [4.78, 5) is 24.4. The van der Waals surface area contributed by atoms with E-state index >= 15 is 0 Å². The first-order chi connectivity index (χ1) is 9.95. The number of carbonyl (C=O) groups is 2. The molecule has 0 aromatic rings. The van der Waals surface area contributed by atoms with Crippen molar-refractivity contribution in [3.05, 3.63) is 0 Å². The number of aliphatic hydroxyl groups is 1. The SMILES string of the molecule is CCC1C(=O)NC2(C(O)C3CCCC4OC43)C(=O)OC12C. The third-order valence-corrected chi connectivity index (χ3v) is 6.04. The minimum atomic E-state index is -1.29. The van der Waals surface area contributed by atoms with Gasteiger partial charge in [0, 0.05) is 5.92 Å². The van der Waals surface area contributed by atoms with Crippen molar-refractivity contribution in [2.75, 3.05) is 0 Å². The monoisotopic (exact) mass is 295 g/mol. The van der Waals surface area contributed by atoms with Crippen LogP contribution in [0.4, 0.5) is 0 Å². The first-order valence-electron chi connectivity index (χ1n) is 7.84. The number of nitrogens with one attached hydrogen (secondary N) is 1. The molecule has 3 saturated heterocycles. The lowest BCUT2D eigenvalue weighted by molar-refractivity contribution is -0.240. The summed E-state index contributed by atoms with van der Waals surface area (Å²) in [5.41, 5.74) is -2.24. The first kappa shape index (κ1) is 13.5. The lowest BCUT2D eigenvalue weighted by Gasteiger charge is -2.54. The zero-order chi connectivity index (χ0) is 15.0. The van der Waals surface area contributed by atoms with Crippen molar-refractivity contribution >= 4 is 11.9 Å². The Bertz CT molecular complexity index is 522. The molecule has 116 valence electrons. The Labute approximate surface area is 123 Å². The summed E-state index contributed by atoms with van der Waals surface area (Å²) in [5, 5.41) is 13.7. The number of hydrogen-bond acceptors (Lipinski definition) is 5. The summed E-state index contributed by atoms with van der Waals surface area (Å²) in [7, 11) is 0. The maximum absolute atomic E-state index is 12.2. The molecule has 6 heteroatoms. The van der Waals surface area contributed by atoms with Gasteiger partial charge in [-0.3, -0.25) is 4.79 Å². The van der Waals surface area contributed by atoms with Crippen LogP contribution in [0, 0.1) is 11.8 Å². The average Bonchev–Trinajstić information content (AvgIpc) is 3.20. The molecular formula is C15H21NO5. The van der Waals surface area contributed by atoms with E-state index in [1.54, 1.807) is 6.92 Å². The Balaban J connectivity index is 1.68. The van der Waals surface area contributed by atoms with Crippen LogP contribution in [-0.2, 0) is 19.1 Å². The van der Waals surface area contributed by atoms with E-state index in [9.17, 15) is 14.7 Å². The number of ether oxygens (including phenoxy) is 2. The van der Waals surface area contributed by atoms with Crippen LogP contribution in [0.2, 0.25) is 0 Å². The molecule has 4 rings (SSSR count). The molecule has 0 aromatic carbocycles. The number of amides is 1. The fraction of sp³-hybridized carbons (Fsp3) is 0.867. The molecule has 1 amide bonds. The zero-order valence-electron chi connectivity index (χ0n) is 12.3. The number of hydrogen-bond donors (Lipinski definition) is 2. The highest BCUT2D eigenvalue weighted by molar-refractivity contribution is 6.01. The quantitative estimate of drug-likeness (QED) is 0.570. The van der Waals surface area contributed by atoms with Gasteiger partial charge in [-0.25, -0.2) is 4.79 Å². The van der Waals surface area contributed by atoms with Gasteiger partial charge in [-0.2, -0.15) is 0 Å². The van der Waals surface area contributed by atoms with Gasteiger partial charge in [0.05, 0.1) is 24.2 Å². The molecule has 7 unspecified atom stereocenters. The standard InChI is InChI=1S/C15H21NO5/c1-3-8-12(18)16-15(13(19)21-14(8,15)2)11(17)7-5-4-6-9-10(7)20-9/h7-11,17H,3-6H2,1-2H3,(H,16,18). The smallest absolute Gasteiger partial charge is 0.339 e. The molecule has 1 aliphatic carbocycles. The Morgan fingerprint density at radius 2 is 2.19 bits per heavy atom. The van der Waals surface area contributed by atoms with Crippen LogP contribution in [0.15, 0.2) is 0 Å². The molecule has 0 radical (unpaired) electrons. The molecule has 3 aliphatic heterocycles. The molecule has 4 aliphatic rings. The highest BCUT2D eigenvalue weighted by Crippen LogP contribution is 2.55. The zero-order valence-corrected chi connectivity index (χ0v) is 12.3. The van der Waals surface area contributed by atoms with Crippen molar-refractivity contribution < 1.29 is 24.2 Å². The van der Waals surface area contributed by atoms with E-state index in [1.165, 1.54) is 0 Å². The molecule has 0 aromatic heterocycles. The van der Waals surface area contributed by atoms with Gasteiger partial charge in [0.15, 0.2) is 5.60 Å². The van der Waals surface area contributed by atoms with Crippen LogP contribution >= 0.6 is 0 Å². The molecule has 3 heterocycles. The summed E-state index contributed by atoms with van der Waals surface area (Å²) in [6.45, 7) is 3.66. The normalized spacial score (nSPS) is 52.1. The van der Waals surface area contributed by atoms with Crippen molar-refractivity contribution in [3.8, 4) is 0 Å². The van der Waals surface area contributed by atoms with Crippen LogP contribution < -0.4 is 5.32 Å². The minimum absolute atomic E-state index is 0.0263. The molecule has 7 atom stereocenters. The second-order valence-electron chi connectivity index (χ2n) is 6.93. The topological polar surface area (TPSA) is 88.2 Å². The summed E-state index contributed by atoms with van der Waals surface area (Å²) < 4.78 is 11.0. The molecule has 1 saturated carbocycles. The van der Waals surface area contributed by atoms with Gasteiger partial charge in [-0.1, -0.05) is 13.3 Å². The largest absolute Gasteiger partial charge is 0.453 e. The summed E-state index contributed by atoms with van der Waals surface area (Å²) in [6.07, 6.45) is 2.70. The van der Waals surface area contributed by atoms with E-state index in [0.29, 0.717) is 6.42 Å². The predicted molar refractivity (Wildman–Crippen MR) is 71.2 cm³/mol. The van der Waals surface area contributed by atoms with Gasteiger partial charge < -0.3 is 19.9 Å². The Hall–Kier alpha value is -1.14. The fourth-order valence-electron chi connectivity index (χ4n) is 4.77. The molecule has 21 heavy (non-hydrogen) atoms. The Kier molecular flexibility index (Phi) is 2.56. The predicted octanol–water partition coefficient (Wildman–Crippen LogP) is 0.125. The van der Waals surface area contributed by atoms with Crippen molar-refractivity contribution in [2.45, 2.75) is 69.0 Å². The molecular weight excluding hydrogens is 274 g/mol. The average molecular weight is 295 g/mol. The molecule has 0 spiro atoms. The van der Waals surface area contributed by atoms with Gasteiger partial charge in [0.25, 0.3) is 0 Å². The van der Waals surface area contributed by atoms with Gasteiger partial charge in [0.2, 0.25) is 11.4 Å². The second kappa shape index (κ2) is 3.98. The minimum Gasteiger partial charge on any atom is -0.453 e. The van der Waals surface area contributed by atoms with E-state index in [4.69, 9.17) is 9.47 Å². The lowest BCUT2D eigenvalue weighted by atomic mass is 9.64. The van der Waals surface area contributed by atoms with E-state index < -0.39 is 29.1 Å². The number of aliphatic hydroxyl groups excluding tert-OH is 1. The van der Waals surface area contributed by atoms with E-state index in [-0.39, 0.29) is 24.0 Å². The Morgan fingerprint density at radius 1 is 1.43 bits per heavy atom. The fourth-order valence-corrected chi connectivity index (χ4v) is 4.77. The van der Waals surface area contributed by atoms with E-state index in [0.717, 1.165) is 19.3 Å². The highest BCUT2D eigenvalue weighted by Gasteiger charge is 2.80. The molecule has 0 bridgehead atoms. The Morgan fingerprint density at radius 3 is 2.86 bits per heavy atom. The van der Waals surface area contributed by atoms with Crippen LogP contribution in [0.25, 0.3) is 0 Å². The number of esters is 1. The van der Waals surface area contributed by atoms with Crippen molar-refractivity contribution in [1.82, 2.24) is 5.32 Å². The first-order valence-corrected chi connectivity index (χ1v) is 7.84. The van der Waals surface area contributed by atoms with Gasteiger partial charge in [0.1, 0.15) is 0 Å². The lowest BCUT2D eigenvalue weighted by Crippen LogP contribution is -2.80. The summed E-state index contributed by atoms with van der Waals surface area (Å²) >= 11 is 0. The van der Waals surface area contributed by atoms with Crippen LogP contribution in [0.5, 0.6) is 0 Å². The van der Waals surface area contributed by atoms with Gasteiger partial charge in [-0.05, 0) is 26.2 Å². The van der Waals surface area contributed by atoms with Crippen LogP contribution in [0.1, 0.15) is 39.5 Å². The van der Waals surface area contributed by atoms with Crippen LogP contribution in [0.3, 0.4) is 0 Å². The van der Waals surface area contributed by atoms with Crippen molar-refractivity contribution in [2.24, 2.45) is 11.8 Å². The highest BCUT2D eigenvalue weighted by atomic mass is 16.6. The molecule has 6 nitrogen and oxygen atoms in total. The summed E-state index contributed by atoms with van der Waals surface area (Å²) in [5.74, 6) is -1.21. The maximum atomic E-state index is 12.2. The third-order valence-electron chi connectivity index (χ3n) is 6.04. The van der Waals surface area contributed by atoms with E-state index in [2.05, 4.69) is 5.32 Å². The van der Waals surface area contributed by atoms with Crippen molar-refractivity contribution in [1.29, 1.82) is 0 Å². The van der Waals surface area contributed by atoms with Crippen molar-refractivity contribution in [3.63, 3.8) is 0 Å². The van der Waals surface area contributed by atoms with E-state index in [1.807, 2.05) is 6.92 Å². The third kappa shape index (κ3) is 1.40. The second-order valence-corrected chi connectivity index (χ2v) is 6.93.